The number of para-hydroxylation sites is 2. The predicted molar refractivity (Wildman–Crippen MR) is 124 cm³/mol. The Morgan fingerprint density at radius 2 is 1.65 bits per heavy atom. The normalized spacial score (nSPS) is 11.1. The number of hydrogen-bond donors (Lipinski definition) is 1. The van der Waals surface area contributed by atoms with Gasteiger partial charge in [-0.3, -0.25) is 0 Å². The van der Waals surface area contributed by atoms with Gasteiger partial charge in [0.1, 0.15) is 5.75 Å². The Morgan fingerprint density at radius 3 is 2.23 bits per heavy atom. The third-order valence-electron chi connectivity index (χ3n) is 4.73. The fraction of sp³-hybridized carbons (Fsp3) is 0.360. The van der Waals surface area contributed by atoms with Gasteiger partial charge in [-0.25, -0.2) is 9.48 Å². The average molecular weight is 421 g/mol. The first-order valence-electron chi connectivity index (χ1n) is 10.8. The zero-order chi connectivity index (χ0) is 22.4. The lowest BCUT2D eigenvalue weighted by Gasteiger charge is -2.26. The molecule has 0 saturated heterocycles. The standard InChI is InChI=1S/C25H32N4O2/c1-18(2)16-28(25(30)26-19(3)4)17-23-20(5)27-29(21-12-8-6-9-13-21)24(23)31-22-14-10-7-11-15-22/h6-15,18-19H,16-17H2,1-5H3,(H,26,30). The molecule has 6 heteroatoms. The molecular formula is C25H32N4O2. The number of benzene rings is 2. The molecule has 0 fully saturated rings. The fourth-order valence-corrected chi connectivity index (χ4v) is 3.36. The third-order valence-corrected chi connectivity index (χ3v) is 4.73. The molecule has 0 radical (unpaired) electrons. The maximum absolute atomic E-state index is 12.9. The van der Waals surface area contributed by atoms with Crippen molar-refractivity contribution in [2.75, 3.05) is 6.54 Å². The van der Waals surface area contributed by atoms with E-state index in [4.69, 9.17) is 9.84 Å². The topological polar surface area (TPSA) is 59.4 Å². The van der Waals surface area contributed by atoms with Crippen molar-refractivity contribution in [1.82, 2.24) is 20.0 Å². The van der Waals surface area contributed by atoms with Crippen LogP contribution in [-0.4, -0.2) is 33.3 Å². The van der Waals surface area contributed by atoms with Crippen LogP contribution in [0.25, 0.3) is 5.69 Å². The summed E-state index contributed by atoms with van der Waals surface area (Å²) >= 11 is 0. The van der Waals surface area contributed by atoms with Crippen molar-refractivity contribution in [3.63, 3.8) is 0 Å². The summed E-state index contributed by atoms with van der Waals surface area (Å²) in [6, 6.07) is 19.5. The zero-order valence-corrected chi connectivity index (χ0v) is 19.0. The van der Waals surface area contributed by atoms with Crippen LogP contribution in [-0.2, 0) is 6.54 Å². The number of urea groups is 1. The maximum atomic E-state index is 12.9. The van der Waals surface area contributed by atoms with Crippen LogP contribution in [0.15, 0.2) is 60.7 Å². The molecule has 2 amide bonds. The lowest BCUT2D eigenvalue weighted by molar-refractivity contribution is 0.184. The Bertz CT molecular complexity index is 982. The first-order valence-corrected chi connectivity index (χ1v) is 10.8. The first-order chi connectivity index (χ1) is 14.8. The number of amides is 2. The van der Waals surface area contributed by atoms with Crippen LogP contribution in [0.4, 0.5) is 4.79 Å². The number of nitrogens with one attached hydrogen (secondary N) is 1. The second-order valence-corrected chi connectivity index (χ2v) is 8.41. The van der Waals surface area contributed by atoms with Gasteiger partial charge in [-0.2, -0.15) is 5.10 Å². The number of carbonyl (C=O) groups is 1. The van der Waals surface area contributed by atoms with Crippen molar-refractivity contribution in [3.8, 4) is 17.3 Å². The molecule has 0 saturated carbocycles. The number of ether oxygens (including phenoxy) is 1. The third kappa shape index (κ3) is 5.87. The summed E-state index contributed by atoms with van der Waals surface area (Å²) in [7, 11) is 0. The van der Waals surface area contributed by atoms with Gasteiger partial charge in [-0.1, -0.05) is 50.2 Å². The van der Waals surface area contributed by atoms with Gasteiger partial charge in [0.2, 0.25) is 5.88 Å². The largest absolute Gasteiger partial charge is 0.439 e. The summed E-state index contributed by atoms with van der Waals surface area (Å²) in [5.74, 6) is 1.68. The monoisotopic (exact) mass is 420 g/mol. The second-order valence-electron chi connectivity index (χ2n) is 8.41. The smallest absolute Gasteiger partial charge is 0.317 e. The lowest BCUT2D eigenvalue weighted by atomic mass is 10.1. The molecule has 0 bridgehead atoms. The minimum atomic E-state index is -0.0822. The van der Waals surface area contributed by atoms with Crippen LogP contribution in [0.5, 0.6) is 11.6 Å². The minimum Gasteiger partial charge on any atom is -0.439 e. The van der Waals surface area contributed by atoms with Crippen molar-refractivity contribution in [2.45, 2.75) is 47.2 Å². The Morgan fingerprint density at radius 1 is 1.03 bits per heavy atom. The molecule has 0 spiro atoms. The first kappa shape index (κ1) is 22.4. The summed E-state index contributed by atoms with van der Waals surface area (Å²) in [5.41, 5.74) is 2.64. The molecule has 2 aromatic carbocycles. The molecule has 0 atom stereocenters. The van der Waals surface area contributed by atoms with Gasteiger partial charge in [0, 0.05) is 12.6 Å². The molecule has 31 heavy (non-hydrogen) atoms. The summed E-state index contributed by atoms with van der Waals surface area (Å²) in [6.45, 7) is 11.2. The van der Waals surface area contributed by atoms with E-state index in [1.807, 2.05) is 91.0 Å². The molecule has 6 nitrogen and oxygen atoms in total. The van der Waals surface area contributed by atoms with Gasteiger partial charge < -0.3 is 15.0 Å². The van der Waals surface area contributed by atoms with Crippen LogP contribution in [0, 0.1) is 12.8 Å². The highest BCUT2D eigenvalue weighted by atomic mass is 16.5. The highest BCUT2D eigenvalue weighted by Crippen LogP contribution is 2.31. The number of rotatable bonds is 8. The van der Waals surface area contributed by atoms with Crippen LogP contribution < -0.4 is 10.1 Å². The molecule has 0 unspecified atom stereocenters. The van der Waals surface area contributed by atoms with E-state index in [0.717, 1.165) is 22.7 Å². The van der Waals surface area contributed by atoms with Crippen LogP contribution >= 0.6 is 0 Å². The van der Waals surface area contributed by atoms with E-state index in [2.05, 4.69) is 19.2 Å². The average Bonchev–Trinajstić information content (AvgIpc) is 3.03. The minimum absolute atomic E-state index is 0.0651. The Balaban J connectivity index is 2.03. The number of hydrogen-bond acceptors (Lipinski definition) is 3. The van der Waals surface area contributed by atoms with Gasteiger partial charge in [0.05, 0.1) is 23.5 Å². The molecule has 3 aromatic rings. The van der Waals surface area contributed by atoms with E-state index in [1.165, 1.54) is 0 Å². The van der Waals surface area contributed by atoms with Crippen molar-refractivity contribution in [3.05, 3.63) is 71.9 Å². The van der Waals surface area contributed by atoms with Gasteiger partial charge in [0.15, 0.2) is 0 Å². The predicted octanol–water partition coefficient (Wildman–Crippen LogP) is 5.55. The van der Waals surface area contributed by atoms with Crippen molar-refractivity contribution in [2.24, 2.45) is 5.92 Å². The molecule has 0 aliphatic rings. The molecule has 0 aliphatic carbocycles. The summed E-state index contributed by atoms with van der Waals surface area (Å²) < 4.78 is 8.14. The molecule has 1 heterocycles. The Labute approximate surface area is 184 Å². The van der Waals surface area contributed by atoms with Crippen molar-refractivity contribution in [1.29, 1.82) is 0 Å². The molecular weight excluding hydrogens is 388 g/mol. The summed E-state index contributed by atoms with van der Waals surface area (Å²) in [4.78, 5) is 14.7. The maximum Gasteiger partial charge on any atom is 0.317 e. The Kier molecular flexibility index (Phi) is 7.34. The fourth-order valence-electron chi connectivity index (χ4n) is 3.36. The number of aromatic nitrogens is 2. The van der Waals surface area contributed by atoms with Crippen LogP contribution in [0.3, 0.4) is 0 Å². The molecule has 1 N–H and O–H groups in total. The second kappa shape index (κ2) is 10.2. The van der Waals surface area contributed by atoms with Gasteiger partial charge in [-0.05, 0) is 51.0 Å². The van der Waals surface area contributed by atoms with Crippen LogP contribution in [0.1, 0.15) is 39.0 Å². The van der Waals surface area contributed by atoms with Gasteiger partial charge in [-0.15, -0.1) is 0 Å². The van der Waals surface area contributed by atoms with E-state index in [9.17, 15) is 4.79 Å². The number of carbonyl (C=O) groups excluding carboxylic acids is 1. The quantitative estimate of drug-likeness (QED) is 0.520. The highest BCUT2D eigenvalue weighted by molar-refractivity contribution is 5.74. The lowest BCUT2D eigenvalue weighted by Crippen LogP contribution is -2.44. The molecule has 1 aromatic heterocycles. The molecule has 0 aliphatic heterocycles. The van der Waals surface area contributed by atoms with Crippen molar-refractivity contribution >= 4 is 6.03 Å². The van der Waals surface area contributed by atoms with E-state index >= 15 is 0 Å². The van der Waals surface area contributed by atoms with E-state index < -0.39 is 0 Å². The van der Waals surface area contributed by atoms with Gasteiger partial charge >= 0.3 is 6.03 Å². The van der Waals surface area contributed by atoms with E-state index in [-0.39, 0.29) is 12.1 Å². The Hall–Kier alpha value is -3.28. The van der Waals surface area contributed by atoms with E-state index in [0.29, 0.717) is 24.9 Å². The molecule has 3 rings (SSSR count). The van der Waals surface area contributed by atoms with Crippen LogP contribution in [0.2, 0.25) is 0 Å². The zero-order valence-electron chi connectivity index (χ0n) is 19.0. The highest BCUT2D eigenvalue weighted by Gasteiger charge is 2.24. The van der Waals surface area contributed by atoms with Gasteiger partial charge in [0.25, 0.3) is 0 Å². The summed E-state index contributed by atoms with van der Waals surface area (Å²) in [6.07, 6.45) is 0. The summed E-state index contributed by atoms with van der Waals surface area (Å²) in [5, 5.41) is 7.78. The van der Waals surface area contributed by atoms with Crippen molar-refractivity contribution < 1.29 is 9.53 Å². The SMILES string of the molecule is Cc1nn(-c2ccccc2)c(Oc2ccccc2)c1CN(CC(C)C)C(=O)NC(C)C. The number of aryl methyl sites for hydroxylation is 1. The number of nitrogens with zero attached hydrogens (tertiary/aromatic N) is 3. The molecule has 164 valence electrons. The van der Waals surface area contributed by atoms with E-state index in [1.54, 1.807) is 0 Å².